The van der Waals surface area contributed by atoms with Crippen LogP contribution in [0.3, 0.4) is 0 Å². The van der Waals surface area contributed by atoms with E-state index in [0.29, 0.717) is 6.61 Å². The van der Waals surface area contributed by atoms with E-state index in [0.717, 1.165) is 6.42 Å². The van der Waals surface area contributed by atoms with Gasteiger partial charge in [-0.25, -0.2) is 4.39 Å². The molecule has 0 aliphatic heterocycles. The molecular weight excluding hydrogens is 143 g/mol. The normalized spacial score (nSPS) is 9.64. The van der Waals surface area contributed by atoms with E-state index < -0.39 is 5.82 Å². The van der Waals surface area contributed by atoms with Gasteiger partial charge in [-0.3, -0.25) is 0 Å². The van der Waals surface area contributed by atoms with Crippen molar-refractivity contribution in [2.75, 3.05) is 6.61 Å². The molecule has 0 fully saturated rings. The van der Waals surface area contributed by atoms with Crippen LogP contribution in [-0.2, 0) is 0 Å². The first-order chi connectivity index (χ1) is 5.34. The Morgan fingerprint density at radius 3 is 3.09 bits per heavy atom. The van der Waals surface area contributed by atoms with Gasteiger partial charge in [0.05, 0.1) is 6.61 Å². The molecule has 0 amide bonds. The second-order valence-electron chi connectivity index (χ2n) is 2.20. The van der Waals surface area contributed by atoms with E-state index in [1.54, 1.807) is 12.1 Å². The molecule has 0 saturated carbocycles. The summed E-state index contributed by atoms with van der Waals surface area (Å²) in [5.41, 5.74) is 0. The number of ether oxygens (including phenoxy) is 1. The quantitative estimate of drug-likeness (QED) is 0.648. The lowest BCUT2D eigenvalue weighted by Crippen LogP contribution is -1.96. The Labute approximate surface area is 65.8 Å². The maximum atomic E-state index is 12.7. The van der Waals surface area contributed by atoms with Crippen molar-refractivity contribution in [2.24, 2.45) is 0 Å². The highest BCUT2D eigenvalue weighted by Crippen LogP contribution is 2.14. The minimum atomic E-state index is -0.416. The molecule has 59 valence electrons. The maximum Gasteiger partial charge on any atom is 0.172 e. The van der Waals surface area contributed by atoms with E-state index in [1.807, 2.05) is 6.92 Å². The molecule has 0 unspecified atom stereocenters. The molecule has 0 aliphatic carbocycles. The van der Waals surface area contributed by atoms with Gasteiger partial charge < -0.3 is 4.74 Å². The van der Waals surface area contributed by atoms with Crippen LogP contribution in [0.15, 0.2) is 18.2 Å². The molecule has 1 radical (unpaired) electrons. The topological polar surface area (TPSA) is 9.23 Å². The highest BCUT2D eigenvalue weighted by atomic mass is 19.1. The van der Waals surface area contributed by atoms with Crippen molar-refractivity contribution in [2.45, 2.75) is 13.3 Å². The zero-order valence-electron chi connectivity index (χ0n) is 6.43. The summed E-state index contributed by atoms with van der Waals surface area (Å²) in [6, 6.07) is 7.24. The largest absolute Gasteiger partial charge is 0.491 e. The number of halogens is 1. The van der Waals surface area contributed by atoms with Gasteiger partial charge in [0, 0.05) is 6.07 Å². The number of rotatable bonds is 3. The number of hydrogen-bond acceptors (Lipinski definition) is 1. The minimum Gasteiger partial charge on any atom is -0.491 e. The van der Waals surface area contributed by atoms with E-state index in [2.05, 4.69) is 6.07 Å². The molecule has 0 aliphatic rings. The van der Waals surface area contributed by atoms with E-state index in [9.17, 15) is 4.39 Å². The van der Waals surface area contributed by atoms with Crippen LogP contribution in [0.4, 0.5) is 4.39 Å². The van der Waals surface area contributed by atoms with Gasteiger partial charge in [-0.15, -0.1) is 0 Å². The van der Waals surface area contributed by atoms with Crippen LogP contribution in [0.5, 0.6) is 5.75 Å². The fourth-order valence-corrected chi connectivity index (χ4v) is 0.725. The van der Waals surface area contributed by atoms with Crippen LogP contribution in [0, 0.1) is 11.9 Å². The molecule has 0 bridgehead atoms. The minimum absolute atomic E-state index is 0.286. The SMILES string of the molecule is CCCOc1ccc[c]c1F. The van der Waals surface area contributed by atoms with Crippen molar-refractivity contribution in [3.63, 3.8) is 0 Å². The Kier molecular flexibility index (Phi) is 2.90. The molecule has 1 aromatic rings. The zero-order valence-corrected chi connectivity index (χ0v) is 6.43. The summed E-state index contributed by atoms with van der Waals surface area (Å²) in [6.07, 6.45) is 0.883. The van der Waals surface area contributed by atoms with Gasteiger partial charge in [0.25, 0.3) is 0 Å². The van der Waals surface area contributed by atoms with Crippen LogP contribution in [0.2, 0.25) is 0 Å². The van der Waals surface area contributed by atoms with Gasteiger partial charge in [0.1, 0.15) is 0 Å². The molecule has 1 nitrogen and oxygen atoms in total. The standard InChI is InChI=1S/C9H10FO/c1-2-7-11-9-6-4-3-5-8(9)10/h3-4,6H,2,7H2,1H3. The highest BCUT2D eigenvalue weighted by Gasteiger charge is 1.99. The zero-order chi connectivity index (χ0) is 8.10. The summed E-state index contributed by atoms with van der Waals surface area (Å²) in [4.78, 5) is 0. The fourth-order valence-electron chi connectivity index (χ4n) is 0.725. The van der Waals surface area contributed by atoms with Crippen LogP contribution in [-0.4, -0.2) is 6.61 Å². The monoisotopic (exact) mass is 153 g/mol. The summed E-state index contributed by atoms with van der Waals surface area (Å²) in [5, 5.41) is 0. The summed E-state index contributed by atoms with van der Waals surface area (Å²) < 4.78 is 17.8. The lowest BCUT2D eigenvalue weighted by atomic mass is 10.3. The summed E-state index contributed by atoms with van der Waals surface area (Å²) in [5.74, 6) is -0.129. The predicted molar refractivity (Wildman–Crippen MR) is 41.0 cm³/mol. The first kappa shape index (κ1) is 8.05. The Morgan fingerprint density at radius 2 is 2.45 bits per heavy atom. The molecule has 0 N–H and O–H groups in total. The van der Waals surface area contributed by atoms with Crippen molar-refractivity contribution in [1.29, 1.82) is 0 Å². The van der Waals surface area contributed by atoms with E-state index in [1.165, 1.54) is 6.07 Å². The van der Waals surface area contributed by atoms with Crippen LogP contribution < -0.4 is 4.74 Å². The molecule has 1 rings (SSSR count). The fraction of sp³-hybridized carbons (Fsp3) is 0.333. The molecule has 0 atom stereocenters. The summed E-state index contributed by atoms with van der Waals surface area (Å²) in [7, 11) is 0. The smallest absolute Gasteiger partial charge is 0.172 e. The van der Waals surface area contributed by atoms with Crippen molar-refractivity contribution >= 4 is 0 Å². The first-order valence-corrected chi connectivity index (χ1v) is 3.63. The maximum absolute atomic E-state index is 12.7. The van der Waals surface area contributed by atoms with Crippen molar-refractivity contribution in [3.8, 4) is 5.75 Å². The Balaban J connectivity index is 2.62. The number of hydrogen-bond donors (Lipinski definition) is 0. The van der Waals surface area contributed by atoms with Crippen molar-refractivity contribution in [3.05, 3.63) is 30.1 Å². The Morgan fingerprint density at radius 1 is 1.64 bits per heavy atom. The third-order valence-corrected chi connectivity index (χ3v) is 1.23. The van der Waals surface area contributed by atoms with Gasteiger partial charge >= 0.3 is 0 Å². The average Bonchev–Trinajstić information content (AvgIpc) is 2.03. The molecule has 0 spiro atoms. The molecule has 11 heavy (non-hydrogen) atoms. The average molecular weight is 153 g/mol. The highest BCUT2D eigenvalue weighted by molar-refractivity contribution is 5.22. The van der Waals surface area contributed by atoms with Gasteiger partial charge in [0.2, 0.25) is 0 Å². The van der Waals surface area contributed by atoms with E-state index in [-0.39, 0.29) is 5.75 Å². The van der Waals surface area contributed by atoms with Crippen molar-refractivity contribution in [1.82, 2.24) is 0 Å². The van der Waals surface area contributed by atoms with Crippen LogP contribution in [0.1, 0.15) is 13.3 Å². The van der Waals surface area contributed by atoms with Gasteiger partial charge in [-0.05, 0) is 12.5 Å². The third-order valence-electron chi connectivity index (χ3n) is 1.23. The molecule has 0 heterocycles. The Hall–Kier alpha value is -1.05. The Bertz CT molecular complexity index is 223. The predicted octanol–water partition coefficient (Wildman–Crippen LogP) is 2.41. The van der Waals surface area contributed by atoms with E-state index >= 15 is 0 Å². The van der Waals surface area contributed by atoms with Gasteiger partial charge in [0.15, 0.2) is 11.6 Å². The van der Waals surface area contributed by atoms with Crippen LogP contribution in [0.25, 0.3) is 0 Å². The third kappa shape index (κ3) is 2.22. The number of benzene rings is 1. The van der Waals surface area contributed by atoms with Crippen LogP contribution >= 0.6 is 0 Å². The van der Waals surface area contributed by atoms with Gasteiger partial charge in [-0.2, -0.15) is 0 Å². The molecule has 2 heteroatoms. The molecular formula is C9H10FO. The van der Waals surface area contributed by atoms with Gasteiger partial charge in [-0.1, -0.05) is 19.1 Å². The molecule has 0 saturated heterocycles. The molecule has 0 aromatic heterocycles. The second kappa shape index (κ2) is 3.96. The summed E-state index contributed by atoms with van der Waals surface area (Å²) in [6.45, 7) is 2.53. The molecule has 1 aromatic carbocycles. The van der Waals surface area contributed by atoms with Crippen molar-refractivity contribution < 1.29 is 9.13 Å². The lowest BCUT2D eigenvalue weighted by Gasteiger charge is -2.03. The second-order valence-corrected chi connectivity index (χ2v) is 2.20. The lowest BCUT2D eigenvalue weighted by molar-refractivity contribution is 0.301. The summed E-state index contributed by atoms with van der Waals surface area (Å²) >= 11 is 0. The van der Waals surface area contributed by atoms with E-state index in [4.69, 9.17) is 4.74 Å². The first-order valence-electron chi connectivity index (χ1n) is 3.63.